The highest BCUT2D eigenvalue weighted by Gasteiger charge is 2.38. The number of aliphatic carboxylic acids is 2. The van der Waals surface area contributed by atoms with Crippen LogP contribution in [0.1, 0.15) is 27.2 Å². The number of rotatable bonds is 6. The zero-order valence-electron chi connectivity index (χ0n) is 16.9. The number of nitrogens with two attached hydrogens (primary N) is 1. The molecule has 0 atom stereocenters. The van der Waals surface area contributed by atoms with Gasteiger partial charge in [-0.15, -0.1) is 0 Å². The Bertz CT molecular complexity index is 654. The number of carbonyl (C=O) groups is 2. The lowest BCUT2D eigenvalue weighted by atomic mass is 9.97. The molecule has 0 saturated carbocycles. The summed E-state index contributed by atoms with van der Waals surface area (Å²) < 4.78 is 63.5. The summed E-state index contributed by atoms with van der Waals surface area (Å²) in [5.41, 5.74) is 5.65. The molecule has 1 heterocycles. The van der Waals surface area contributed by atoms with Gasteiger partial charge in [-0.2, -0.15) is 31.3 Å². The summed E-state index contributed by atoms with van der Waals surface area (Å²) in [7, 11) is 0. The van der Waals surface area contributed by atoms with Gasteiger partial charge in [-0.1, -0.05) is 20.8 Å². The van der Waals surface area contributed by atoms with Crippen LogP contribution in [0.4, 0.5) is 38.1 Å². The molecule has 6 N–H and O–H groups in total. The summed E-state index contributed by atoms with van der Waals surface area (Å²) in [5, 5.41) is 20.7. The Morgan fingerprint density at radius 1 is 1.00 bits per heavy atom. The number of hydrogen-bond acceptors (Lipinski definition) is 7. The van der Waals surface area contributed by atoms with Crippen LogP contribution in [0.2, 0.25) is 0 Å². The summed E-state index contributed by atoms with van der Waals surface area (Å²) in [6.07, 6.45) is -7.47. The molecule has 0 radical (unpaired) electrons. The largest absolute Gasteiger partial charge is 0.490 e. The van der Waals surface area contributed by atoms with E-state index in [9.17, 15) is 26.3 Å². The molecular weight excluding hydrogens is 440 g/mol. The molecule has 0 saturated heterocycles. The van der Waals surface area contributed by atoms with Crippen molar-refractivity contribution in [3.63, 3.8) is 0 Å². The first-order valence-corrected chi connectivity index (χ1v) is 8.51. The molecule has 0 aliphatic rings. The number of carboxylic acids is 2. The molecule has 0 spiro atoms. The predicted octanol–water partition coefficient (Wildman–Crippen LogP) is 2.96. The Balaban J connectivity index is 0. The van der Waals surface area contributed by atoms with Crippen LogP contribution in [0.3, 0.4) is 0 Å². The van der Waals surface area contributed by atoms with Crippen molar-refractivity contribution >= 4 is 23.7 Å². The molecule has 0 fully saturated rings. The van der Waals surface area contributed by atoms with Crippen LogP contribution < -0.4 is 16.4 Å². The van der Waals surface area contributed by atoms with Crippen LogP contribution in [-0.4, -0.2) is 64.1 Å². The smallest absolute Gasteiger partial charge is 0.475 e. The average Bonchev–Trinajstić information content (AvgIpc) is 2.59. The number of halogens is 6. The fourth-order valence-corrected chi connectivity index (χ4v) is 1.21. The van der Waals surface area contributed by atoms with Crippen molar-refractivity contribution in [1.82, 2.24) is 9.97 Å². The van der Waals surface area contributed by atoms with Gasteiger partial charge < -0.3 is 26.6 Å². The summed E-state index contributed by atoms with van der Waals surface area (Å²) in [6.45, 7) is 8.88. The van der Waals surface area contributed by atoms with Crippen molar-refractivity contribution in [1.29, 1.82) is 0 Å². The van der Waals surface area contributed by atoms with Gasteiger partial charge in [-0.25, -0.2) is 14.6 Å². The van der Waals surface area contributed by atoms with Gasteiger partial charge in [-0.3, -0.25) is 0 Å². The first-order valence-electron chi connectivity index (χ1n) is 8.51. The summed E-state index contributed by atoms with van der Waals surface area (Å²) in [5.74, 6) is -4.01. The fourth-order valence-electron chi connectivity index (χ4n) is 1.21. The monoisotopic (exact) mass is 465 g/mol. The lowest BCUT2D eigenvalue weighted by molar-refractivity contribution is -0.193. The van der Waals surface area contributed by atoms with Crippen LogP contribution in [-0.2, 0) is 9.59 Å². The fraction of sp³-hybridized carbons (Fsp3) is 0.625. The maximum Gasteiger partial charge on any atom is 0.490 e. The van der Waals surface area contributed by atoms with Crippen molar-refractivity contribution in [2.75, 3.05) is 30.3 Å². The lowest BCUT2D eigenvalue weighted by Crippen LogP contribution is -2.21. The van der Waals surface area contributed by atoms with Gasteiger partial charge in [0.1, 0.15) is 5.82 Å². The SMILES string of the molecule is CC(C)(C)CNc1nccc(NCCCN)n1.O=C(O)C(F)(F)F.O=C(O)C(F)(F)F. The third-order valence-corrected chi connectivity index (χ3v) is 2.60. The van der Waals surface area contributed by atoms with Gasteiger partial charge in [0, 0.05) is 19.3 Å². The van der Waals surface area contributed by atoms with Gasteiger partial charge in [0.15, 0.2) is 0 Å². The highest BCUT2D eigenvalue weighted by atomic mass is 19.4. The van der Waals surface area contributed by atoms with Crippen LogP contribution in [0.15, 0.2) is 12.3 Å². The highest BCUT2D eigenvalue weighted by molar-refractivity contribution is 5.73. The van der Waals surface area contributed by atoms with Crippen LogP contribution >= 0.6 is 0 Å². The Kier molecular flexibility index (Phi) is 13.2. The second-order valence-electron chi connectivity index (χ2n) is 6.85. The van der Waals surface area contributed by atoms with Crippen LogP contribution in [0, 0.1) is 5.41 Å². The second-order valence-corrected chi connectivity index (χ2v) is 6.85. The maximum atomic E-state index is 10.6. The molecular formula is C16H25F6N5O4. The number of carboxylic acid groups (broad SMARTS) is 2. The van der Waals surface area contributed by atoms with E-state index in [0.717, 1.165) is 25.3 Å². The number of hydrogen-bond donors (Lipinski definition) is 5. The number of alkyl halides is 6. The normalized spacial score (nSPS) is 11.3. The first kappa shape index (κ1) is 30.4. The second kappa shape index (κ2) is 13.5. The Hall–Kier alpha value is -2.84. The van der Waals surface area contributed by atoms with E-state index in [1.807, 2.05) is 6.07 Å². The maximum absolute atomic E-state index is 10.6. The predicted molar refractivity (Wildman–Crippen MR) is 99.5 cm³/mol. The molecule has 0 aliphatic carbocycles. The Morgan fingerprint density at radius 2 is 1.45 bits per heavy atom. The summed E-state index contributed by atoms with van der Waals surface area (Å²) >= 11 is 0. The van der Waals surface area contributed by atoms with Gasteiger partial charge in [0.05, 0.1) is 0 Å². The quantitative estimate of drug-likeness (QED) is 0.316. The van der Waals surface area contributed by atoms with E-state index in [-0.39, 0.29) is 5.41 Å². The molecule has 0 unspecified atom stereocenters. The summed E-state index contributed by atoms with van der Waals surface area (Å²) in [4.78, 5) is 26.3. The third kappa shape index (κ3) is 18.9. The minimum absolute atomic E-state index is 0.215. The highest BCUT2D eigenvalue weighted by Crippen LogP contribution is 2.14. The lowest BCUT2D eigenvalue weighted by Gasteiger charge is -2.18. The number of nitrogens with zero attached hydrogens (tertiary/aromatic N) is 2. The van der Waals surface area contributed by atoms with Crippen molar-refractivity contribution in [3.05, 3.63) is 12.3 Å². The zero-order chi connectivity index (χ0) is 24.9. The molecule has 0 bridgehead atoms. The van der Waals surface area contributed by atoms with Crippen molar-refractivity contribution < 1.29 is 46.1 Å². The van der Waals surface area contributed by atoms with E-state index >= 15 is 0 Å². The molecule has 0 aliphatic heterocycles. The molecule has 0 aromatic carbocycles. The third-order valence-electron chi connectivity index (χ3n) is 2.60. The minimum Gasteiger partial charge on any atom is -0.475 e. The van der Waals surface area contributed by atoms with Crippen LogP contribution in [0.25, 0.3) is 0 Å². The zero-order valence-corrected chi connectivity index (χ0v) is 16.9. The van der Waals surface area contributed by atoms with Gasteiger partial charge in [-0.05, 0) is 24.4 Å². The molecule has 15 heteroatoms. The van der Waals surface area contributed by atoms with E-state index in [0.29, 0.717) is 12.5 Å². The molecule has 180 valence electrons. The minimum atomic E-state index is -5.08. The molecule has 1 aromatic heterocycles. The van der Waals surface area contributed by atoms with Crippen molar-refractivity contribution in [3.8, 4) is 0 Å². The molecule has 31 heavy (non-hydrogen) atoms. The average molecular weight is 465 g/mol. The van der Waals surface area contributed by atoms with Gasteiger partial charge in [0.2, 0.25) is 5.95 Å². The Labute approximate surface area is 174 Å². The Morgan fingerprint density at radius 3 is 1.81 bits per heavy atom. The van der Waals surface area contributed by atoms with Gasteiger partial charge >= 0.3 is 24.3 Å². The van der Waals surface area contributed by atoms with E-state index in [2.05, 4.69) is 41.4 Å². The molecule has 0 amide bonds. The number of aromatic nitrogens is 2. The standard InChI is InChI=1S/C12H23N5.2C2HF3O2/c1-12(2,3)9-16-11-15-8-5-10(17-11)14-7-4-6-13;2*3-2(4,5)1(6)7/h5,8H,4,6-7,9,13H2,1-3H3,(H2,14,15,16,17);2*(H,6,7). The first-order chi connectivity index (χ1) is 13.9. The molecule has 1 rings (SSSR count). The topological polar surface area (TPSA) is 150 Å². The van der Waals surface area contributed by atoms with E-state index in [4.69, 9.17) is 25.5 Å². The number of anilines is 2. The van der Waals surface area contributed by atoms with Crippen molar-refractivity contribution in [2.24, 2.45) is 11.1 Å². The van der Waals surface area contributed by atoms with Crippen molar-refractivity contribution in [2.45, 2.75) is 39.5 Å². The van der Waals surface area contributed by atoms with Gasteiger partial charge in [0.25, 0.3) is 0 Å². The molecule has 9 nitrogen and oxygen atoms in total. The van der Waals surface area contributed by atoms with E-state index in [1.165, 1.54) is 0 Å². The van der Waals surface area contributed by atoms with E-state index < -0.39 is 24.3 Å². The van der Waals surface area contributed by atoms with E-state index in [1.54, 1.807) is 6.20 Å². The van der Waals surface area contributed by atoms with Crippen LogP contribution in [0.5, 0.6) is 0 Å². The summed E-state index contributed by atoms with van der Waals surface area (Å²) in [6, 6.07) is 1.86. The molecule has 1 aromatic rings. The number of nitrogens with one attached hydrogen (secondary N) is 2.